The molecule has 0 spiro atoms. The number of anilines is 1. The lowest BCUT2D eigenvalue weighted by Gasteiger charge is -2.35. The van der Waals surface area contributed by atoms with E-state index in [0.29, 0.717) is 5.92 Å². The molecule has 3 aromatic rings. The molecule has 4 rings (SSSR count). The van der Waals surface area contributed by atoms with Gasteiger partial charge in [-0.1, -0.05) is 12.1 Å². The predicted octanol–water partition coefficient (Wildman–Crippen LogP) is 4.29. The predicted molar refractivity (Wildman–Crippen MR) is 120 cm³/mol. The molecule has 8 nitrogen and oxygen atoms in total. The molecule has 0 saturated carbocycles. The number of fused-ring (bicyclic) bond motifs is 1. The molecular weight excluding hydrogens is 396 g/mol. The Morgan fingerprint density at radius 1 is 1.26 bits per heavy atom. The number of methoxy groups -OCH3 is 1. The highest BCUT2D eigenvalue weighted by Gasteiger charge is 2.29. The van der Waals surface area contributed by atoms with Crippen molar-refractivity contribution in [2.45, 2.75) is 31.7 Å². The van der Waals surface area contributed by atoms with Crippen LogP contribution >= 0.6 is 0 Å². The topological polar surface area (TPSA) is 100 Å². The maximum absolute atomic E-state index is 12.7. The molecule has 1 fully saturated rings. The van der Waals surface area contributed by atoms with Crippen LogP contribution in [0, 0.1) is 10.1 Å². The summed E-state index contributed by atoms with van der Waals surface area (Å²) in [6.45, 7) is 3.42. The molecule has 0 aliphatic carbocycles. The van der Waals surface area contributed by atoms with Crippen LogP contribution in [0.3, 0.4) is 0 Å². The monoisotopic (exact) mass is 422 g/mol. The van der Waals surface area contributed by atoms with Crippen molar-refractivity contribution in [3.05, 3.63) is 64.3 Å². The van der Waals surface area contributed by atoms with Crippen molar-refractivity contribution in [2.75, 3.05) is 25.5 Å². The zero-order valence-corrected chi connectivity index (χ0v) is 17.6. The Balaban J connectivity index is 1.41. The van der Waals surface area contributed by atoms with E-state index in [1.54, 1.807) is 25.3 Å². The van der Waals surface area contributed by atoms with Gasteiger partial charge in [0.1, 0.15) is 11.4 Å². The molecule has 2 heterocycles. The van der Waals surface area contributed by atoms with Crippen LogP contribution in [0.25, 0.3) is 10.9 Å². The maximum atomic E-state index is 12.7. The number of nitro groups is 1. The lowest BCUT2D eigenvalue weighted by atomic mass is 9.88. The maximum Gasteiger partial charge on any atom is 0.292 e. The first kappa shape index (κ1) is 20.9. The van der Waals surface area contributed by atoms with E-state index in [-0.39, 0.29) is 23.3 Å². The Morgan fingerprint density at radius 3 is 2.71 bits per heavy atom. The smallest absolute Gasteiger partial charge is 0.292 e. The Morgan fingerprint density at radius 2 is 2.00 bits per heavy atom. The highest BCUT2D eigenvalue weighted by Crippen LogP contribution is 2.35. The van der Waals surface area contributed by atoms with Gasteiger partial charge in [0.25, 0.3) is 5.69 Å². The highest BCUT2D eigenvalue weighted by molar-refractivity contribution is 5.96. The van der Waals surface area contributed by atoms with Crippen molar-refractivity contribution in [2.24, 2.45) is 0 Å². The van der Waals surface area contributed by atoms with Gasteiger partial charge in [-0.3, -0.25) is 19.8 Å². The summed E-state index contributed by atoms with van der Waals surface area (Å²) in [5, 5.41) is 15.1. The zero-order chi connectivity index (χ0) is 22.0. The van der Waals surface area contributed by atoms with Crippen LogP contribution in [-0.4, -0.2) is 47.0 Å². The van der Waals surface area contributed by atoms with Crippen molar-refractivity contribution in [1.29, 1.82) is 0 Å². The van der Waals surface area contributed by atoms with Gasteiger partial charge >= 0.3 is 0 Å². The molecule has 1 aromatic heterocycles. The Bertz CT molecular complexity index is 1100. The summed E-state index contributed by atoms with van der Waals surface area (Å²) in [4.78, 5) is 28.9. The molecule has 162 valence electrons. The third kappa shape index (κ3) is 4.25. The summed E-state index contributed by atoms with van der Waals surface area (Å²) in [6.07, 6.45) is 3.95. The second kappa shape index (κ2) is 8.77. The van der Waals surface area contributed by atoms with Gasteiger partial charge in [-0.05, 0) is 68.6 Å². The van der Waals surface area contributed by atoms with Crippen molar-refractivity contribution < 1.29 is 14.5 Å². The largest absolute Gasteiger partial charge is 0.497 e. The summed E-state index contributed by atoms with van der Waals surface area (Å²) in [5.74, 6) is 1.01. The quantitative estimate of drug-likeness (QED) is 0.456. The molecule has 1 amide bonds. The zero-order valence-electron chi connectivity index (χ0n) is 17.6. The van der Waals surface area contributed by atoms with E-state index in [4.69, 9.17) is 4.74 Å². The minimum Gasteiger partial charge on any atom is -0.497 e. The van der Waals surface area contributed by atoms with Gasteiger partial charge in [-0.2, -0.15) is 0 Å². The van der Waals surface area contributed by atoms with Crippen molar-refractivity contribution in [3.8, 4) is 5.75 Å². The summed E-state index contributed by atoms with van der Waals surface area (Å²) in [7, 11) is 1.67. The number of nitrogens with one attached hydrogen (secondary N) is 2. The van der Waals surface area contributed by atoms with Crippen molar-refractivity contribution in [1.82, 2.24) is 9.88 Å². The summed E-state index contributed by atoms with van der Waals surface area (Å²) in [5.41, 5.74) is 2.50. The Labute approximate surface area is 180 Å². The molecule has 2 N–H and O–H groups in total. The number of ether oxygens (including phenoxy) is 1. The number of nitrogens with zero attached hydrogens (tertiary/aromatic N) is 2. The average Bonchev–Trinajstić information content (AvgIpc) is 3.22. The molecule has 1 aliphatic heterocycles. The number of para-hydroxylation sites is 2. The Kier molecular flexibility index (Phi) is 5.90. The number of benzene rings is 2. The molecule has 2 aromatic carbocycles. The van der Waals surface area contributed by atoms with Crippen molar-refractivity contribution in [3.63, 3.8) is 0 Å². The van der Waals surface area contributed by atoms with E-state index < -0.39 is 4.92 Å². The first-order valence-electron chi connectivity index (χ1n) is 10.4. The number of aromatic nitrogens is 1. The third-order valence-electron chi connectivity index (χ3n) is 6.18. The highest BCUT2D eigenvalue weighted by atomic mass is 16.6. The summed E-state index contributed by atoms with van der Waals surface area (Å²) < 4.78 is 5.37. The molecule has 1 aliphatic rings. The van der Waals surface area contributed by atoms with Gasteiger partial charge in [-0.25, -0.2) is 0 Å². The first-order chi connectivity index (χ1) is 15.0. The number of likely N-dealkylation sites (tertiary alicyclic amines) is 1. The number of hydrogen-bond donors (Lipinski definition) is 2. The van der Waals surface area contributed by atoms with E-state index in [9.17, 15) is 14.9 Å². The molecular formula is C23H26N4O4. The van der Waals surface area contributed by atoms with Gasteiger partial charge in [0.05, 0.1) is 18.1 Å². The molecule has 1 saturated heterocycles. The number of carbonyl (C=O) groups excluding carboxylic acids is 1. The molecule has 8 heteroatoms. The van der Waals surface area contributed by atoms with E-state index in [2.05, 4.69) is 27.5 Å². The summed E-state index contributed by atoms with van der Waals surface area (Å²) in [6, 6.07) is 11.9. The van der Waals surface area contributed by atoms with Crippen LogP contribution in [0.1, 0.15) is 31.2 Å². The fourth-order valence-electron chi connectivity index (χ4n) is 4.33. The number of nitro benzene ring substituents is 1. The second-order valence-corrected chi connectivity index (χ2v) is 7.91. The number of H-pyrrole nitrogens is 1. The van der Waals surface area contributed by atoms with Gasteiger partial charge in [0, 0.05) is 23.2 Å². The number of piperidine rings is 1. The van der Waals surface area contributed by atoms with E-state index >= 15 is 0 Å². The first-order valence-corrected chi connectivity index (χ1v) is 10.4. The normalized spacial score (nSPS) is 16.2. The lowest BCUT2D eigenvalue weighted by Crippen LogP contribution is -2.45. The van der Waals surface area contributed by atoms with Crippen LogP contribution in [0.5, 0.6) is 5.75 Å². The fourth-order valence-corrected chi connectivity index (χ4v) is 4.33. The van der Waals surface area contributed by atoms with E-state index in [0.717, 1.165) is 37.2 Å². The standard InChI is InChI=1S/C23H26N4O4/c1-15(23(28)25-21-5-3-4-6-22(21)27(29)30)26-11-9-16(10-12-26)19-14-24-20-8-7-17(31-2)13-18(19)20/h3-8,13-16,24H,9-12H2,1-2H3,(H,25,28). The average molecular weight is 422 g/mol. The number of carbonyl (C=O) groups is 1. The fraction of sp³-hybridized carbons (Fsp3) is 0.348. The molecule has 0 bridgehead atoms. The Hall–Kier alpha value is -3.39. The molecule has 31 heavy (non-hydrogen) atoms. The van der Waals surface area contributed by atoms with Gasteiger partial charge in [0.2, 0.25) is 5.91 Å². The molecule has 0 radical (unpaired) electrons. The van der Waals surface area contributed by atoms with Gasteiger partial charge in [-0.15, -0.1) is 0 Å². The van der Waals surface area contributed by atoms with Gasteiger partial charge < -0.3 is 15.0 Å². The minimum absolute atomic E-state index is 0.100. The van der Waals surface area contributed by atoms with Crippen LogP contribution in [0.15, 0.2) is 48.7 Å². The number of aromatic amines is 1. The van der Waals surface area contributed by atoms with Crippen LogP contribution in [-0.2, 0) is 4.79 Å². The van der Waals surface area contributed by atoms with Crippen LogP contribution in [0.2, 0.25) is 0 Å². The second-order valence-electron chi connectivity index (χ2n) is 7.91. The summed E-state index contributed by atoms with van der Waals surface area (Å²) >= 11 is 0. The minimum atomic E-state index is -0.484. The van der Waals surface area contributed by atoms with Crippen molar-refractivity contribution >= 4 is 28.2 Å². The van der Waals surface area contributed by atoms with Gasteiger partial charge in [0.15, 0.2) is 0 Å². The number of hydrogen-bond acceptors (Lipinski definition) is 5. The molecule has 1 atom stereocenters. The SMILES string of the molecule is COc1ccc2[nH]cc(C3CCN(C(C)C(=O)Nc4ccccc4[N+](=O)[O-])CC3)c2c1. The van der Waals surface area contributed by atoms with E-state index in [1.807, 2.05) is 19.1 Å². The van der Waals surface area contributed by atoms with Crippen LogP contribution < -0.4 is 10.1 Å². The van der Waals surface area contributed by atoms with E-state index in [1.165, 1.54) is 17.0 Å². The van der Waals surface area contributed by atoms with Crippen LogP contribution in [0.4, 0.5) is 11.4 Å². The number of rotatable bonds is 6. The number of amides is 1. The molecule has 1 unspecified atom stereocenters. The lowest BCUT2D eigenvalue weighted by molar-refractivity contribution is -0.383. The third-order valence-corrected chi connectivity index (χ3v) is 6.18.